The van der Waals surface area contributed by atoms with Crippen LogP contribution in [0.1, 0.15) is 35.2 Å². The maximum atomic E-state index is 12.8. The van der Waals surface area contributed by atoms with E-state index < -0.39 is 0 Å². The van der Waals surface area contributed by atoms with Crippen molar-refractivity contribution in [3.05, 3.63) is 76.4 Å². The Morgan fingerprint density at radius 3 is 2.67 bits per heavy atom. The van der Waals surface area contributed by atoms with Gasteiger partial charge in [0.1, 0.15) is 11.6 Å². The molecule has 0 unspecified atom stereocenters. The Hall–Kier alpha value is -2.60. The van der Waals surface area contributed by atoms with Crippen LogP contribution in [-0.2, 0) is 6.54 Å². The van der Waals surface area contributed by atoms with Gasteiger partial charge in [-0.1, -0.05) is 40.2 Å². The molecule has 1 amide bonds. The summed E-state index contributed by atoms with van der Waals surface area (Å²) in [5.74, 6) is 1.10. The minimum Gasteiger partial charge on any atom is -0.490 e. The molecule has 3 aromatic rings. The number of ether oxygens (including phenoxy) is 1. The summed E-state index contributed by atoms with van der Waals surface area (Å²) in [5, 5.41) is 7.29. The van der Waals surface area contributed by atoms with Gasteiger partial charge in [-0.25, -0.2) is 4.68 Å². The topological polar surface area (TPSA) is 56.2 Å². The third-order valence-corrected chi connectivity index (χ3v) is 5.21. The zero-order chi connectivity index (χ0) is 18.6. The lowest BCUT2D eigenvalue weighted by molar-refractivity contribution is 0.0991. The summed E-state index contributed by atoms with van der Waals surface area (Å²) in [4.78, 5) is 12.8. The van der Waals surface area contributed by atoms with Gasteiger partial charge in [-0.05, 0) is 49.1 Å². The van der Waals surface area contributed by atoms with Crippen molar-refractivity contribution in [1.82, 2.24) is 9.78 Å². The van der Waals surface area contributed by atoms with E-state index in [2.05, 4.69) is 26.3 Å². The van der Waals surface area contributed by atoms with Crippen LogP contribution in [0.4, 0.5) is 5.82 Å². The highest BCUT2D eigenvalue weighted by atomic mass is 79.9. The smallest absolute Gasteiger partial charge is 0.260 e. The molecule has 1 aliphatic carbocycles. The molecular weight excluding hydrogens is 406 g/mol. The monoisotopic (exact) mass is 425 g/mol. The average molecular weight is 426 g/mol. The molecule has 1 aromatic heterocycles. The first-order valence-electron chi connectivity index (χ1n) is 9.02. The number of benzene rings is 2. The first-order valence-corrected chi connectivity index (χ1v) is 9.81. The van der Waals surface area contributed by atoms with Crippen molar-refractivity contribution in [3.63, 3.8) is 0 Å². The Balaban J connectivity index is 1.49. The molecule has 1 saturated carbocycles. The van der Waals surface area contributed by atoms with Crippen molar-refractivity contribution in [1.29, 1.82) is 0 Å². The molecule has 5 nitrogen and oxygen atoms in total. The molecule has 1 heterocycles. The number of rotatable bonds is 6. The fraction of sp³-hybridized carbons (Fsp3) is 0.238. The molecule has 4 rings (SSSR count). The summed E-state index contributed by atoms with van der Waals surface area (Å²) in [5.41, 5.74) is 1.65. The largest absolute Gasteiger partial charge is 0.490 e. The van der Waals surface area contributed by atoms with Crippen LogP contribution < -0.4 is 10.1 Å². The number of nitrogens with zero attached hydrogens (tertiary/aromatic N) is 2. The van der Waals surface area contributed by atoms with E-state index in [1.807, 2.05) is 42.5 Å². The lowest BCUT2D eigenvalue weighted by Crippen LogP contribution is -2.26. The number of hydrogen-bond acceptors (Lipinski definition) is 3. The van der Waals surface area contributed by atoms with Crippen LogP contribution in [0.2, 0.25) is 0 Å². The van der Waals surface area contributed by atoms with Gasteiger partial charge in [0.05, 0.1) is 24.4 Å². The van der Waals surface area contributed by atoms with E-state index >= 15 is 0 Å². The lowest BCUT2D eigenvalue weighted by atomic mass is 9.96. The van der Waals surface area contributed by atoms with E-state index in [1.165, 1.54) is 6.42 Å². The minimum absolute atomic E-state index is 0.192. The number of para-hydroxylation sites is 1. The Morgan fingerprint density at radius 1 is 1.15 bits per heavy atom. The van der Waals surface area contributed by atoms with Crippen molar-refractivity contribution in [2.24, 2.45) is 0 Å². The summed E-state index contributed by atoms with van der Waals surface area (Å²) >= 11 is 3.44. The number of anilines is 1. The predicted octanol–water partition coefficient (Wildman–Crippen LogP) is 4.88. The molecule has 0 saturated heterocycles. The van der Waals surface area contributed by atoms with Crippen LogP contribution in [0.3, 0.4) is 0 Å². The van der Waals surface area contributed by atoms with Gasteiger partial charge >= 0.3 is 0 Å². The minimum atomic E-state index is -0.192. The first kappa shape index (κ1) is 17.8. The molecule has 27 heavy (non-hydrogen) atoms. The van der Waals surface area contributed by atoms with Crippen molar-refractivity contribution < 1.29 is 9.53 Å². The van der Waals surface area contributed by atoms with Crippen LogP contribution in [0.15, 0.2) is 65.3 Å². The molecule has 0 spiro atoms. The van der Waals surface area contributed by atoms with E-state index in [9.17, 15) is 4.79 Å². The molecular formula is C21H20BrN3O2. The van der Waals surface area contributed by atoms with E-state index in [0.717, 1.165) is 22.9 Å². The second-order valence-electron chi connectivity index (χ2n) is 6.62. The van der Waals surface area contributed by atoms with Crippen LogP contribution in [0, 0.1) is 0 Å². The molecule has 0 radical (unpaired) electrons. The fourth-order valence-corrected chi connectivity index (χ4v) is 3.20. The first-order chi connectivity index (χ1) is 13.2. The summed E-state index contributed by atoms with van der Waals surface area (Å²) in [7, 11) is 0. The number of carbonyl (C=O) groups is 1. The summed E-state index contributed by atoms with van der Waals surface area (Å²) in [6.45, 7) is 0.579. The van der Waals surface area contributed by atoms with Crippen molar-refractivity contribution in [2.75, 3.05) is 5.32 Å². The second kappa shape index (κ2) is 7.96. The van der Waals surface area contributed by atoms with Crippen LogP contribution in [0.25, 0.3) is 0 Å². The summed E-state index contributed by atoms with van der Waals surface area (Å²) in [6.07, 6.45) is 5.20. The van der Waals surface area contributed by atoms with Crippen molar-refractivity contribution in [3.8, 4) is 5.75 Å². The SMILES string of the molecule is O=C(Nc1ccnn1Cc1ccc(Br)cc1)c1ccccc1OC1CCC1. The normalized spacial score (nSPS) is 13.8. The number of halogens is 1. The number of hydrogen-bond donors (Lipinski definition) is 1. The quantitative estimate of drug-likeness (QED) is 0.612. The van der Waals surface area contributed by atoms with Gasteiger partial charge in [0, 0.05) is 10.5 Å². The lowest BCUT2D eigenvalue weighted by Gasteiger charge is -2.27. The van der Waals surface area contributed by atoms with Crippen LogP contribution in [-0.4, -0.2) is 21.8 Å². The van der Waals surface area contributed by atoms with Gasteiger partial charge in [0.15, 0.2) is 0 Å². The predicted molar refractivity (Wildman–Crippen MR) is 108 cm³/mol. The molecule has 0 bridgehead atoms. The second-order valence-corrected chi connectivity index (χ2v) is 7.54. The number of carbonyl (C=O) groups excluding carboxylic acids is 1. The molecule has 0 atom stereocenters. The van der Waals surface area contributed by atoms with Crippen LogP contribution >= 0.6 is 15.9 Å². The maximum Gasteiger partial charge on any atom is 0.260 e. The van der Waals surface area contributed by atoms with E-state index in [1.54, 1.807) is 23.0 Å². The van der Waals surface area contributed by atoms with E-state index in [4.69, 9.17) is 4.74 Å². The Morgan fingerprint density at radius 2 is 1.93 bits per heavy atom. The highest BCUT2D eigenvalue weighted by Gasteiger charge is 2.22. The van der Waals surface area contributed by atoms with Gasteiger partial charge in [-0.2, -0.15) is 5.10 Å². The molecule has 1 N–H and O–H groups in total. The molecule has 0 aliphatic heterocycles. The summed E-state index contributed by atoms with van der Waals surface area (Å²) in [6, 6.07) is 17.2. The van der Waals surface area contributed by atoms with Gasteiger partial charge in [0.25, 0.3) is 5.91 Å². The molecule has 1 fully saturated rings. The Bertz CT molecular complexity index is 933. The van der Waals surface area contributed by atoms with E-state index in [0.29, 0.717) is 23.7 Å². The standard InChI is InChI=1S/C21H20BrN3O2/c22-16-10-8-15(9-11-16)14-25-20(12-13-23-25)24-21(26)18-6-1-2-7-19(18)27-17-4-3-5-17/h1-2,6-13,17H,3-5,14H2,(H,24,26). The zero-order valence-electron chi connectivity index (χ0n) is 14.8. The third-order valence-electron chi connectivity index (χ3n) is 4.68. The van der Waals surface area contributed by atoms with Gasteiger partial charge in [-0.3, -0.25) is 4.79 Å². The van der Waals surface area contributed by atoms with Gasteiger partial charge < -0.3 is 10.1 Å². The Kier molecular flexibility index (Phi) is 5.25. The molecule has 2 aromatic carbocycles. The fourth-order valence-electron chi connectivity index (χ4n) is 2.94. The summed E-state index contributed by atoms with van der Waals surface area (Å²) < 4.78 is 8.78. The van der Waals surface area contributed by atoms with Crippen molar-refractivity contribution >= 4 is 27.7 Å². The number of nitrogens with one attached hydrogen (secondary N) is 1. The number of aromatic nitrogens is 2. The van der Waals surface area contributed by atoms with Gasteiger partial charge in [0.2, 0.25) is 0 Å². The molecule has 6 heteroatoms. The highest BCUT2D eigenvalue weighted by molar-refractivity contribution is 9.10. The van der Waals surface area contributed by atoms with Crippen LogP contribution in [0.5, 0.6) is 5.75 Å². The highest BCUT2D eigenvalue weighted by Crippen LogP contribution is 2.28. The average Bonchev–Trinajstić information content (AvgIpc) is 3.07. The maximum absolute atomic E-state index is 12.8. The van der Waals surface area contributed by atoms with Crippen molar-refractivity contribution in [2.45, 2.75) is 31.9 Å². The third kappa shape index (κ3) is 4.22. The molecule has 1 aliphatic rings. The molecule has 138 valence electrons. The zero-order valence-corrected chi connectivity index (χ0v) is 16.4. The Labute approximate surface area is 166 Å². The van der Waals surface area contributed by atoms with Gasteiger partial charge in [-0.15, -0.1) is 0 Å². The number of amides is 1. The van der Waals surface area contributed by atoms with E-state index in [-0.39, 0.29) is 12.0 Å².